The first-order valence-electron chi connectivity index (χ1n) is 3.84. The molecule has 1 aromatic carbocycles. The van der Waals surface area contributed by atoms with E-state index in [9.17, 15) is 9.90 Å². The monoisotopic (exact) mass is 209 g/mol. The molecule has 0 saturated carbocycles. The Balaban J connectivity index is 2.84. The molecule has 2 aromatic rings. The van der Waals surface area contributed by atoms with Gasteiger partial charge in [0.1, 0.15) is 16.3 Å². The van der Waals surface area contributed by atoms with Crippen LogP contribution in [0, 0.1) is 0 Å². The van der Waals surface area contributed by atoms with E-state index in [1.807, 2.05) is 0 Å². The van der Waals surface area contributed by atoms with Crippen LogP contribution < -0.4 is 5.73 Å². The third-order valence-corrected chi connectivity index (χ3v) is 2.90. The molecule has 0 amide bonds. The summed E-state index contributed by atoms with van der Waals surface area (Å²) >= 11 is 1.16. The molecule has 0 aliphatic heterocycles. The van der Waals surface area contributed by atoms with Gasteiger partial charge in [-0.05, 0) is 18.2 Å². The number of hydrogen-bond acceptors (Lipinski definition) is 4. The van der Waals surface area contributed by atoms with E-state index in [0.29, 0.717) is 10.1 Å². The van der Waals surface area contributed by atoms with Crippen LogP contribution in [0.1, 0.15) is 10.4 Å². The maximum atomic E-state index is 10.8. The van der Waals surface area contributed by atoms with Gasteiger partial charge in [-0.15, -0.1) is 11.3 Å². The Hall–Kier alpha value is -1.75. The fraction of sp³-hybridized carbons (Fsp3) is 0. The minimum absolute atomic E-state index is 0.107. The van der Waals surface area contributed by atoms with Crippen molar-refractivity contribution >= 4 is 32.4 Å². The molecule has 4 nitrogen and oxygen atoms in total. The largest absolute Gasteiger partial charge is 0.508 e. The summed E-state index contributed by atoms with van der Waals surface area (Å²) < 4.78 is 0.680. The number of nitrogen functional groups attached to an aromatic ring is 1. The quantitative estimate of drug-likeness (QED) is 0.669. The summed E-state index contributed by atoms with van der Waals surface area (Å²) in [5, 5.41) is 18.9. The van der Waals surface area contributed by atoms with Crippen molar-refractivity contribution in [1.29, 1.82) is 0 Å². The molecular weight excluding hydrogens is 202 g/mol. The first kappa shape index (κ1) is 8.83. The average molecular weight is 209 g/mol. The number of carboxylic acids is 1. The van der Waals surface area contributed by atoms with Gasteiger partial charge in [-0.1, -0.05) is 0 Å². The SMILES string of the molecule is Nc1sc2cc(O)ccc2c1C(=O)O. The second-order valence-electron chi connectivity index (χ2n) is 2.83. The Morgan fingerprint density at radius 1 is 1.43 bits per heavy atom. The molecule has 0 atom stereocenters. The van der Waals surface area contributed by atoms with Crippen molar-refractivity contribution in [1.82, 2.24) is 0 Å². The molecule has 0 fully saturated rings. The Morgan fingerprint density at radius 2 is 2.14 bits per heavy atom. The number of carboxylic acid groups (broad SMARTS) is 1. The highest BCUT2D eigenvalue weighted by molar-refractivity contribution is 7.23. The van der Waals surface area contributed by atoms with Gasteiger partial charge in [-0.2, -0.15) is 0 Å². The molecule has 1 heterocycles. The second kappa shape index (κ2) is 2.88. The van der Waals surface area contributed by atoms with Gasteiger partial charge in [-0.3, -0.25) is 0 Å². The van der Waals surface area contributed by atoms with Crippen LogP contribution in [0.3, 0.4) is 0 Å². The normalized spacial score (nSPS) is 10.6. The van der Waals surface area contributed by atoms with Crippen molar-refractivity contribution in [2.45, 2.75) is 0 Å². The minimum Gasteiger partial charge on any atom is -0.508 e. The zero-order chi connectivity index (χ0) is 10.3. The number of anilines is 1. The summed E-state index contributed by atoms with van der Waals surface area (Å²) in [6.45, 7) is 0. The van der Waals surface area contributed by atoms with Crippen molar-refractivity contribution in [3.8, 4) is 5.75 Å². The van der Waals surface area contributed by atoms with E-state index in [0.717, 1.165) is 11.3 Å². The third kappa shape index (κ3) is 1.18. The van der Waals surface area contributed by atoms with Gasteiger partial charge in [0.25, 0.3) is 0 Å². The number of phenolic OH excluding ortho intramolecular Hbond substituents is 1. The summed E-state index contributed by atoms with van der Waals surface area (Å²) in [5.74, 6) is -0.935. The molecule has 4 N–H and O–H groups in total. The van der Waals surface area contributed by atoms with Crippen LogP contribution in [0.25, 0.3) is 10.1 Å². The van der Waals surface area contributed by atoms with Gasteiger partial charge in [0.15, 0.2) is 0 Å². The molecule has 0 saturated heterocycles. The molecular formula is C9H7NO3S. The summed E-state index contributed by atoms with van der Waals surface area (Å²) in [6, 6.07) is 4.50. The lowest BCUT2D eigenvalue weighted by Gasteiger charge is -1.93. The summed E-state index contributed by atoms with van der Waals surface area (Å²) in [5.41, 5.74) is 5.68. The second-order valence-corrected chi connectivity index (χ2v) is 3.91. The van der Waals surface area contributed by atoms with E-state index >= 15 is 0 Å². The number of benzene rings is 1. The van der Waals surface area contributed by atoms with Gasteiger partial charge in [0, 0.05) is 10.1 Å². The van der Waals surface area contributed by atoms with Gasteiger partial charge in [0.2, 0.25) is 0 Å². The Bertz CT molecular complexity index is 518. The zero-order valence-electron chi connectivity index (χ0n) is 7.02. The highest BCUT2D eigenvalue weighted by Crippen LogP contribution is 2.35. The lowest BCUT2D eigenvalue weighted by Crippen LogP contribution is -1.98. The topological polar surface area (TPSA) is 83.5 Å². The Kier molecular flexibility index (Phi) is 1.82. The molecule has 14 heavy (non-hydrogen) atoms. The van der Waals surface area contributed by atoms with Crippen molar-refractivity contribution in [2.24, 2.45) is 0 Å². The smallest absolute Gasteiger partial charge is 0.339 e. The van der Waals surface area contributed by atoms with Crippen molar-refractivity contribution in [2.75, 3.05) is 5.73 Å². The van der Waals surface area contributed by atoms with Gasteiger partial charge in [-0.25, -0.2) is 4.79 Å². The summed E-state index contributed by atoms with van der Waals surface area (Å²) in [4.78, 5) is 10.8. The minimum atomic E-state index is -1.04. The first-order chi connectivity index (χ1) is 6.59. The molecule has 2 rings (SSSR count). The number of rotatable bonds is 1. The summed E-state index contributed by atoms with van der Waals surface area (Å²) in [7, 11) is 0. The van der Waals surface area contributed by atoms with Gasteiger partial charge < -0.3 is 15.9 Å². The predicted octanol–water partition coefficient (Wildman–Crippen LogP) is 1.89. The number of thiophene rings is 1. The fourth-order valence-corrected chi connectivity index (χ4v) is 2.32. The van der Waals surface area contributed by atoms with E-state index < -0.39 is 5.97 Å². The van der Waals surface area contributed by atoms with Crippen molar-refractivity contribution in [3.05, 3.63) is 23.8 Å². The zero-order valence-corrected chi connectivity index (χ0v) is 7.84. The van der Waals surface area contributed by atoms with Crippen LogP contribution in [0.2, 0.25) is 0 Å². The predicted molar refractivity (Wildman–Crippen MR) is 54.9 cm³/mol. The molecule has 0 bridgehead atoms. The van der Waals surface area contributed by atoms with Crippen LogP contribution in [-0.2, 0) is 0 Å². The number of aromatic hydroxyl groups is 1. The highest BCUT2D eigenvalue weighted by atomic mass is 32.1. The third-order valence-electron chi connectivity index (χ3n) is 1.91. The fourth-order valence-electron chi connectivity index (χ4n) is 1.32. The standard InChI is InChI=1S/C9H7NO3S/c10-8-7(9(12)13)5-2-1-4(11)3-6(5)14-8/h1-3,11H,10H2,(H,12,13). The lowest BCUT2D eigenvalue weighted by molar-refractivity contribution is 0.0700. The maximum Gasteiger partial charge on any atom is 0.339 e. The molecule has 0 aliphatic rings. The number of hydrogen-bond donors (Lipinski definition) is 3. The van der Waals surface area contributed by atoms with Crippen LogP contribution in [0.15, 0.2) is 18.2 Å². The van der Waals surface area contributed by atoms with E-state index in [4.69, 9.17) is 10.8 Å². The van der Waals surface area contributed by atoms with Gasteiger partial charge >= 0.3 is 5.97 Å². The lowest BCUT2D eigenvalue weighted by atomic mass is 10.1. The molecule has 0 radical (unpaired) electrons. The van der Waals surface area contributed by atoms with E-state index in [2.05, 4.69) is 0 Å². The molecule has 0 unspecified atom stereocenters. The molecule has 72 valence electrons. The highest BCUT2D eigenvalue weighted by Gasteiger charge is 2.15. The van der Waals surface area contributed by atoms with E-state index in [1.54, 1.807) is 6.07 Å². The first-order valence-corrected chi connectivity index (χ1v) is 4.65. The molecule has 0 spiro atoms. The average Bonchev–Trinajstić information content (AvgIpc) is 2.39. The van der Waals surface area contributed by atoms with Crippen molar-refractivity contribution < 1.29 is 15.0 Å². The number of nitrogens with two attached hydrogens (primary N) is 1. The van der Waals surface area contributed by atoms with Crippen LogP contribution >= 0.6 is 11.3 Å². The van der Waals surface area contributed by atoms with Crippen molar-refractivity contribution in [3.63, 3.8) is 0 Å². The van der Waals surface area contributed by atoms with Crippen LogP contribution in [-0.4, -0.2) is 16.2 Å². The van der Waals surface area contributed by atoms with Crippen LogP contribution in [0.5, 0.6) is 5.75 Å². The Morgan fingerprint density at radius 3 is 2.79 bits per heavy atom. The summed E-state index contributed by atoms with van der Waals surface area (Å²) in [6.07, 6.45) is 0. The number of carbonyl (C=O) groups is 1. The number of fused-ring (bicyclic) bond motifs is 1. The molecule has 0 aliphatic carbocycles. The van der Waals surface area contributed by atoms with E-state index in [1.165, 1.54) is 12.1 Å². The van der Waals surface area contributed by atoms with Gasteiger partial charge in [0.05, 0.1) is 0 Å². The number of aromatic carboxylic acids is 1. The maximum absolute atomic E-state index is 10.8. The van der Waals surface area contributed by atoms with E-state index in [-0.39, 0.29) is 16.3 Å². The molecule has 1 aromatic heterocycles. The Labute approximate surface area is 83.2 Å². The molecule has 5 heteroatoms. The number of phenols is 1. The van der Waals surface area contributed by atoms with Crippen LogP contribution in [0.4, 0.5) is 5.00 Å².